The number of piperidine rings is 1. The number of fused-ring (bicyclic) bond motifs is 2. The molecule has 7 rings (SSSR count). The molecule has 7 nitrogen and oxygen atoms in total. The Morgan fingerprint density at radius 3 is 2.55 bits per heavy atom. The van der Waals surface area contributed by atoms with Crippen molar-refractivity contribution in [2.75, 3.05) is 26.2 Å². The van der Waals surface area contributed by atoms with E-state index in [1.54, 1.807) is 24.5 Å². The van der Waals surface area contributed by atoms with Gasteiger partial charge < -0.3 is 10.4 Å². The molecule has 1 unspecified atom stereocenters. The lowest BCUT2D eigenvalue weighted by atomic mass is 9.95. The molecule has 8 heteroatoms. The first-order valence-electron chi connectivity index (χ1n) is 15.5. The molecule has 2 aromatic heterocycles. The van der Waals surface area contributed by atoms with Crippen LogP contribution in [0.15, 0.2) is 90.1 Å². The molecule has 4 heterocycles. The summed E-state index contributed by atoms with van der Waals surface area (Å²) in [6.07, 6.45) is 6.67. The zero-order chi connectivity index (χ0) is 30.3. The fraction of sp³-hybridized carbons (Fsp3) is 0.306. The average molecular weight is 607 g/mol. The van der Waals surface area contributed by atoms with Crippen molar-refractivity contribution in [3.05, 3.63) is 107 Å². The number of aromatic nitrogens is 2. The Hall–Kier alpha value is -3.82. The Kier molecular flexibility index (Phi) is 7.84. The fourth-order valence-electron chi connectivity index (χ4n) is 6.62. The second-order valence-corrected chi connectivity index (χ2v) is 14.1. The average Bonchev–Trinajstić information content (AvgIpc) is 3.45. The number of nitrogens with zero attached hydrogens (tertiary/aromatic N) is 3. The van der Waals surface area contributed by atoms with Crippen molar-refractivity contribution in [2.45, 2.75) is 44.2 Å². The van der Waals surface area contributed by atoms with Crippen LogP contribution in [0.3, 0.4) is 0 Å². The highest BCUT2D eigenvalue weighted by Crippen LogP contribution is 2.36. The highest BCUT2D eigenvalue weighted by molar-refractivity contribution is 7.90. The third-order valence-corrected chi connectivity index (χ3v) is 10.8. The quantitative estimate of drug-likeness (QED) is 0.245. The molecule has 0 saturated carbocycles. The number of nitrogens with one attached hydrogen (secondary N) is 1. The van der Waals surface area contributed by atoms with E-state index >= 15 is 0 Å². The van der Waals surface area contributed by atoms with E-state index in [0.29, 0.717) is 11.6 Å². The Morgan fingerprint density at radius 1 is 0.955 bits per heavy atom. The zero-order valence-electron chi connectivity index (χ0n) is 25.0. The second-order valence-electron chi connectivity index (χ2n) is 12.3. The summed E-state index contributed by atoms with van der Waals surface area (Å²) in [4.78, 5) is 7.44. The molecule has 44 heavy (non-hydrogen) atoms. The van der Waals surface area contributed by atoms with Gasteiger partial charge in [0.05, 0.1) is 4.90 Å². The number of hydrogen-bond donors (Lipinski definition) is 2. The van der Waals surface area contributed by atoms with Gasteiger partial charge in [-0.15, -0.1) is 0 Å². The van der Waals surface area contributed by atoms with Crippen LogP contribution in [-0.2, 0) is 29.5 Å². The molecule has 0 aliphatic carbocycles. The monoisotopic (exact) mass is 606 g/mol. The molecule has 5 aromatic rings. The van der Waals surface area contributed by atoms with E-state index in [1.807, 2.05) is 19.1 Å². The van der Waals surface area contributed by atoms with Crippen LogP contribution in [0.2, 0.25) is 0 Å². The van der Waals surface area contributed by atoms with Crippen molar-refractivity contribution in [1.82, 2.24) is 19.2 Å². The summed E-state index contributed by atoms with van der Waals surface area (Å²) in [5, 5.41) is 13.8. The summed E-state index contributed by atoms with van der Waals surface area (Å²) in [5.41, 5.74) is 9.06. The minimum Gasteiger partial charge on any atom is -0.396 e. The Bertz CT molecular complexity index is 1910. The van der Waals surface area contributed by atoms with Crippen molar-refractivity contribution >= 4 is 21.1 Å². The maximum atomic E-state index is 13.9. The lowest BCUT2D eigenvalue weighted by Gasteiger charge is -2.31. The van der Waals surface area contributed by atoms with E-state index in [9.17, 15) is 13.5 Å². The van der Waals surface area contributed by atoms with E-state index < -0.39 is 10.0 Å². The first-order valence-corrected chi connectivity index (χ1v) is 16.9. The van der Waals surface area contributed by atoms with Gasteiger partial charge in [-0.25, -0.2) is 17.4 Å². The van der Waals surface area contributed by atoms with Crippen molar-refractivity contribution in [2.24, 2.45) is 5.92 Å². The molecule has 1 atom stereocenters. The molecule has 2 aliphatic heterocycles. The van der Waals surface area contributed by atoms with E-state index in [1.165, 1.54) is 20.7 Å². The van der Waals surface area contributed by atoms with Crippen LogP contribution >= 0.6 is 0 Å². The van der Waals surface area contributed by atoms with Gasteiger partial charge in [0.25, 0.3) is 10.0 Å². The highest BCUT2D eigenvalue weighted by Gasteiger charge is 2.24. The summed E-state index contributed by atoms with van der Waals surface area (Å²) in [6, 6.07) is 24.0. The number of aryl methyl sites for hydroxylation is 1. The number of hydrogen-bond acceptors (Lipinski definition) is 6. The highest BCUT2D eigenvalue weighted by atomic mass is 32.2. The summed E-state index contributed by atoms with van der Waals surface area (Å²) < 4.78 is 29.2. The van der Waals surface area contributed by atoms with E-state index in [-0.39, 0.29) is 11.5 Å². The van der Waals surface area contributed by atoms with Crippen LogP contribution in [0.5, 0.6) is 0 Å². The Morgan fingerprint density at radius 2 is 1.75 bits per heavy atom. The van der Waals surface area contributed by atoms with E-state index in [0.717, 1.165) is 85.2 Å². The predicted octanol–water partition coefficient (Wildman–Crippen LogP) is 5.77. The first-order chi connectivity index (χ1) is 21.4. The third kappa shape index (κ3) is 5.59. The Labute approximate surface area is 259 Å². The first kappa shape index (κ1) is 28.9. The molecular formula is C36H38N4O3S. The van der Waals surface area contributed by atoms with Crippen LogP contribution in [0.25, 0.3) is 33.3 Å². The second kappa shape index (κ2) is 11.9. The van der Waals surface area contributed by atoms with Gasteiger partial charge in [0.2, 0.25) is 0 Å². The van der Waals surface area contributed by atoms with Crippen LogP contribution < -0.4 is 5.32 Å². The normalized spacial score (nSPS) is 17.5. The number of rotatable bonds is 7. The minimum atomic E-state index is -3.87. The largest absolute Gasteiger partial charge is 0.396 e. The van der Waals surface area contributed by atoms with Crippen molar-refractivity contribution in [1.29, 1.82) is 0 Å². The van der Waals surface area contributed by atoms with Gasteiger partial charge in [-0.2, -0.15) is 0 Å². The summed E-state index contributed by atoms with van der Waals surface area (Å²) in [5.74, 6) is 0.365. The van der Waals surface area contributed by atoms with Crippen molar-refractivity contribution < 1.29 is 13.5 Å². The van der Waals surface area contributed by atoms with Crippen molar-refractivity contribution in [3.8, 4) is 22.3 Å². The molecule has 2 N–H and O–H groups in total. The van der Waals surface area contributed by atoms with E-state index in [2.05, 4.69) is 58.7 Å². The topological polar surface area (TPSA) is 87.5 Å². The van der Waals surface area contributed by atoms with Gasteiger partial charge >= 0.3 is 0 Å². The molecule has 1 fully saturated rings. The molecule has 0 radical (unpaired) electrons. The maximum Gasteiger partial charge on any atom is 0.269 e. The maximum absolute atomic E-state index is 13.9. The van der Waals surface area contributed by atoms with Gasteiger partial charge in [-0.1, -0.05) is 60.2 Å². The minimum absolute atomic E-state index is 0.239. The van der Waals surface area contributed by atoms with Gasteiger partial charge in [0.1, 0.15) is 0 Å². The molecular weight excluding hydrogens is 568 g/mol. The standard InChI is InChI=1S/C36H38N4O3S/c1-25-4-12-33(13-5-25)44(42,43)40-23-35(30-10-11-31-19-37-15-14-29(31)17-30)34-18-32(20-38-36(34)40)28-8-6-26(7-9-28)21-39-16-2-3-27(22-39)24-41/h4-13,17-18,20,23,27,37,41H,2-3,14-16,19,21-22,24H2,1H3. The molecule has 226 valence electrons. The smallest absolute Gasteiger partial charge is 0.269 e. The van der Waals surface area contributed by atoms with Gasteiger partial charge in [0, 0.05) is 55.1 Å². The molecule has 0 spiro atoms. The Balaban J connectivity index is 1.28. The molecule has 3 aromatic carbocycles. The number of aliphatic hydroxyl groups is 1. The molecule has 1 saturated heterocycles. The summed E-state index contributed by atoms with van der Waals surface area (Å²) in [6.45, 7) is 6.84. The van der Waals surface area contributed by atoms with Gasteiger partial charge in [-0.3, -0.25) is 4.90 Å². The summed E-state index contributed by atoms with van der Waals surface area (Å²) >= 11 is 0. The summed E-state index contributed by atoms with van der Waals surface area (Å²) in [7, 11) is -3.87. The molecule has 2 aliphatic rings. The fourth-order valence-corrected chi connectivity index (χ4v) is 7.95. The van der Waals surface area contributed by atoms with Crippen LogP contribution in [0.4, 0.5) is 0 Å². The molecule has 0 amide bonds. The number of aliphatic hydroxyl groups excluding tert-OH is 1. The third-order valence-electron chi connectivity index (χ3n) is 9.15. The number of benzene rings is 3. The SMILES string of the molecule is Cc1ccc(S(=O)(=O)n2cc(-c3ccc4c(c3)CCNC4)c3cc(-c4ccc(CN5CCCC(CO)C5)cc4)cnc32)cc1. The lowest BCUT2D eigenvalue weighted by molar-refractivity contribution is 0.116. The van der Waals surface area contributed by atoms with Crippen LogP contribution in [-0.4, -0.2) is 53.6 Å². The van der Waals surface area contributed by atoms with E-state index in [4.69, 9.17) is 4.98 Å². The lowest BCUT2D eigenvalue weighted by Crippen LogP contribution is -2.36. The van der Waals surface area contributed by atoms with Gasteiger partial charge in [0.15, 0.2) is 5.65 Å². The zero-order valence-corrected chi connectivity index (χ0v) is 25.9. The predicted molar refractivity (Wildman–Crippen MR) is 175 cm³/mol. The van der Waals surface area contributed by atoms with Gasteiger partial charge in [-0.05, 0) is 91.2 Å². The van der Waals surface area contributed by atoms with Crippen LogP contribution in [0.1, 0.15) is 35.1 Å². The number of likely N-dealkylation sites (tertiary alicyclic amines) is 1. The number of pyridine rings is 1. The van der Waals surface area contributed by atoms with Crippen molar-refractivity contribution in [3.63, 3.8) is 0 Å². The van der Waals surface area contributed by atoms with Crippen LogP contribution in [0, 0.1) is 12.8 Å². The molecule has 0 bridgehead atoms.